The summed E-state index contributed by atoms with van der Waals surface area (Å²) in [6.07, 6.45) is 2.24. The number of hydrogen-bond acceptors (Lipinski definition) is 2. The third-order valence-electron chi connectivity index (χ3n) is 3.30. The van der Waals surface area contributed by atoms with E-state index in [1.807, 2.05) is 0 Å². The Morgan fingerprint density at radius 1 is 1.40 bits per heavy atom. The molecule has 2 nitrogen and oxygen atoms in total. The highest BCUT2D eigenvalue weighted by Gasteiger charge is 2.23. The molecule has 15 heavy (non-hydrogen) atoms. The maximum atomic E-state index is 9.04. The lowest BCUT2D eigenvalue weighted by atomic mass is 9.94. The standard InChI is InChI=1S/C13H19NO/c1-10-4-2-3-5-12(10)6-11-7-13(9-15)14-8-11/h2-5,11,13-15H,6-9H2,1H3. The third-order valence-corrected chi connectivity index (χ3v) is 3.30. The average molecular weight is 205 g/mol. The van der Waals surface area contributed by atoms with Gasteiger partial charge in [-0.3, -0.25) is 0 Å². The van der Waals surface area contributed by atoms with Crippen LogP contribution >= 0.6 is 0 Å². The fraction of sp³-hybridized carbons (Fsp3) is 0.538. The molecule has 0 aromatic heterocycles. The van der Waals surface area contributed by atoms with Crippen molar-refractivity contribution in [3.05, 3.63) is 35.4 Å². The molecule has 1 aliphatic rings. The molecule has 82 valence electrons. The zero-order valence-electron chi connectivity index (χ0n) is 9.24. The summed E-state index contributed by atoms with van der Waals surface area (Å²) in [5, 5.41) is 12.4. The Balaban J connectivity index is 1.96. The van der Waals surface area contributed by atoms with Crippen LogP contribution in [0.5, 0.6) is 0 Å². The van der Waals surface area contributed by atoms with Gasteiger partial charge in [0.1, 0.15) is 0 Å². The van der Waals surface area contributed by atoms with Crippen LogP contribution in [0.1, 0.15) is 17.5 Å². The van der Waals surface area contributed by atoms with Crippen LogP contribution in [-0.4, -0.2) is 24.3 Å². The minimum absolute atomic E-state index is 0.268. The van der Waals surface area contributed by atoms with Crippen molar-refractivity contribution in [2.24, 2.45) is 5.92 Å². The predicted octanol–water partition coefficient (Wildman–Crippen LogP) is 1.51. The molecule has 2 rings (SSSR count). The van der Waals surface area contributed by atoms with E-state index < -0.39 is 0 Å². The van der Waals surface area contributed by atoms with Crippen molar-refractivity contribution in [3.8, 4) is 0 Å². The van der Waals surface area contributed by atoms with E-state index in [2.05, 4.69) is 36.5 Å². The fourth-order valence-electron chi connectivity index (χ4n) is 2.35. The van der Waals surface area contributed by atoms with Gasteiger partial charge in [0, 0.05) is 6.04 Å². The molecule has 2 atom stereocenters. The van der Waals surface area contributed by atoms with Gasteiger partial charge in [-0.2, -0.15) is 0 Å². The van der Waals surface area contributed by atoms with Crippen molar-refractivity contribution in [3.63, 3.8) is 0 Å². The first-order chi connectivity index (χ1) is 7.29. The summed E-state index contributed by atoms with van der Waals surface area (Å²) in [5.41, 5.74) is 2.83. The first-order valence-corrected chi connectivity index (χ1v) is 5.68. The molecule has 1 saturated heterocycles. The lowest BCUT2D eigenvalue weighted by Crippen LogP contribution is -2.24. The van der Waals surface area contributed by atoms with Crippen molar-refractivity contribution < 1.29 is 5.11 Å². The summed E-state index contributed by atoms with van der Waals surface area (Å²) in [4.78, 5) is 0. The van der Waals surface area contributed by atoms with Crippen LogP contribution in [0, 0.1) is 12.8 Å². The summed E-state index contributed by atoms with van der Waals surface area (Å²) < 4.78 is 0. The van der Waals surface area contributed by atoms with Gasteiger partial charge in [-0.1, -0.05) is 24.3 Å². The summed E-state index contributed by atoms with van der Waals surface area (Å²) in [6, 6.07) is 8.89. The Morgan fingerprint density at radius 3 is 2.87 bits per heavy atom. The maximum absolute atomic E-state index is 9.04. The molecular formula is C13H19NO. The van der Waals surface area contributed by atoms with Crippen molar-refractivity contribution in [1.82, 2.24) is 5.32 Å². The molecule has 0 aliphatic carbocycles. The number of aliphatic hydroxyl groups is 1. The van der Waals surface area contributed by atoms with Gasteiger partial charge >= 0.3 is 0 Å². The van der Waals surface area contributed by atoms with Crippen LogP contribution in [0.15, 0.2) is 24.3 Å². The smallest absolute Gasteiger partial charge is 0.0584 e. The second kappa shape index (κ2) is 4.77. The molecule has 2 unspecified atom stereocenters. The number of rotatable bonds is 3. The van der Waals surface area contributed by atoms with E-state index in [1.165, 1.54) is 11.1 Å². The van der Waals surface area contributed by atoms with Gasteiger partial charge in [-0.15, -0.1) is 0 Å². The van der Waals surface area contributed by atoms with Crippen molar-refractivity contribution in [2.75, 3.05) is 13.2 Å². The van der Waals surface area contributed by atoms with Crippen LogP contribution in [0.3, 0.4) is 0 Å². The summed E-state index contributed by atoms with van der Waals surface area (Å²) in [6.45, 7) is 3.48. The molecule has 0 saturated carbocycles. The number of aliphatic hydroxyl groups excluding tert-OH is 1. The number of aryl methyl sites for hydroxylation is 1. The predicted molar refractivity (Wildman–Crippen MR) is 61.9 cm³/mol. The van der Waals surface area contributed by atoms with Gasteiger partial charge in [-0.25, -0.2) is 0 Å². The van der Waals surface area contributed by atoms with E-state index in [0.717, 1.165) is 19.4 Å². The minimum atomic E-state index is 0.268. The topological polar surface area (TPSA) is 32.3 Å². The molecule has 0 spiro atoms. The first kappa shape index (κ1) is 10.7. The number of nitrogens with one attached hydrogen (secondary N) is 1. The maximum Gasteiger partial charge on any atom is 0.0584 e. The fourth-order valence-corrected chi connectivity index (χ4v) is 2.35. The molecular weight excluding hydrogens is 186 g/mol. The molecule has 2 N–H and O–H groups in total. The van der Waals surface area contributed by atoms with Gasteiger partial charge < -0.3 is 10.4 Å². The highest BCUT2D eigenvalue weighted by Crippen LogP contribution is 2.20. The second-order valence-electron chi connectivity index (χ2n) is 4.52. The van der Waals surface area contributed by atoms with Gasteiger partial charge in [0.25, 0.3) is 0 Å². The Morgan fingerprint density at radius 2 is 2.20 bits per heavy atom. The van der Waals surface area contributed by atoms with E-state index >= 15 is 0 Å². The zero-order chi connectivity index (χ0) is 10.7. The zero-order valence-corrected chi connectivity index (χ0v) is 9.24. The molecule has 1 aromatic carbocycles. The molecule has 0 amide bonds. The van der Waals surface area contributed by atoms with Crippen LogP contribution < -0.4 is 5.32 Å². The van der Waals surface area contributed by atoms with E-state index in [-0.39, 0.29) is 6.61 Å². The molecule has 2 heteroatoms. The van der Waals surface area contributed by atoms with Gasteiger partial charge in [0.05, 0.1) is 6.61 Å². The minimum Gasteiger partial charge on any atom is -0.395 e. The largest absolute Gasteiger partial charge is 0.395 e. The lowest BCUT2D eigenvalue weighted by Gasteiger charge is -2.10. The molecule has 1 aliphatic heterocycles. The van der Waals surface area contributed by atoms with E-state index in [0.29, 0.717) is 12.0 Å². The summed E-state index contributed by atoms with van der Waals surface area (Å²) >= 11 is 0. The monoisotopic (exact) mass is 205 g/mol. The van der Waals surface area contributed by atoms with Gasteiger partial charge in [-0.05, 0) is 43.4 Å². The normalized spacial score (nSPS) is 25.7. The van der Waals surface area contributed by atoms with E-state index in [9.17, 15) is 0 Å². The Kier molecular flexibility index (Phi) is 3.39. The second-order valence-corrected chi connectivity index (χ2v) is 4.52. The average Bonchev–Trinajstić information content (AvgIpc) is 2.69. The SMILES string of the molecule is Cc1ccccc1CC1CNC(CO)C1. The summed E-state index contributed by atoms with van der Waals surface area (Å²) in [5.74, 6) is 0.684. The lowest BCUT2D eigenvalue weighted by molar-refractivity contribution is 0.253. The Bertz CT molecular complexity index is 324. The van der Waals surface area contributed by atoms with Crippen molar-refractivity contribution >= 4 is 0 Å². The van der Waals surface area contributed by atoms with Crippen LogP contribution in [0.25, 0.3) is 0 Å². The summed E-state index contributed by atoms with van der Waals surface area (Å²) in [7, 11) is 0. The van der Waals surface area contributed by atoms with Crippen molar-refractivity contribution in [2.45, 2.75) is 25.8 Å². The number of hydrogen-bond donors (Lipinski definition) is 2. The Labute approximate surface area is 91.3 Å². The van der Waals surface area contributed by atoms with Gasteiger partial charge in [0.15, 0.2) is 0 Å². The van der Waals surface area contributed by atoms with Crippen LogP contribution in [0.2, 0.25) is 0 Å². The molecule has 1 aromatic rings. The van der Waals surface area contributed by atoms with E-state index in [4.69, 9.17) is 5.11 Å². The third kappa shape index (κ3) is 2.58. The van der Waals surface area contributed by atoms with Gasteiger partial charge in [0.2, 0.25) is 0 Å². The van der Waals surface area contributed by atoms with Crippen LogP contribution in [0.4, 0.5) is 0 Å². The number of benzene rings is 1. The highest BCUT2D eigenvalue weighted by molar-refractivity contribution is 5.26. The molecule has 0 bridgehead atoms. The highest BCUT2D eigenvalue weighted by atomic mass is 16.3. The van der Waals surface area contributed by atoms with E-state index in [1.54, 1.807) is 0 Å². The molecule has 1 fully saturated rings. The quantitative estimate of drug-likeness (QED) is 0.784. The Hall–Kier alpha value is -0.860. The van der Waals surface area contributed by atoms with Crippen LogP contribution in [-0.2, 0) is 6.42 Å². The van der Waals surface area contributed by atoms with Crippen molar-refractivity contribution in [1.29, 1.82) is 0 Å². The molecule has 1 heterocycles. The first-order valence-electron chi connectivity index (χ1n) is 5.68. The molecule has 0 radical (unpaired) electrons.